The van der Waals surface area contributed by atoms with Crippen LogP contribution in [0.2, 0.25) is 0 Å². The third-order valence-electron chi connectivity index (χ3n) is 5.63. The minimum absolute atomic E-state index is 0.0241. The van der Waals surface area contributed by atoms with E-state index in [9.17, 15) is 28.3 Å². The van der Waals surface area contributed by atoms with Crippen molar-refractivity contribution in [2.75, 3.05) is 24.5 Å². The maximum Gasteiger partial charge on any atom is 0.341 e. The summed E-state index contributed by atoms with van der Waals surface area (Å²) in [6.45, 7) is 0.676. The van der Waals surface area contributed by atoms with E-state index < -0.39 is 45.9 Å². The van der Waals surface area contributed by atoms with E-state index in [4.69, 9.17) is 0 Å². The monoisotopic (exact) mass is 423 g/mol. The number of benzene rings is 1. The number of alkyl halides is 1. The summed E-state index contributed by atoms with van der Waals surface area (Å²) >= 11 is 0. The number of rotatable bonds is 5. The fourth-order valence-corrected chi connectivity index (χ4v) is 3.97. The molecule has 2 heterocycles. The lowest BCUT2D eigenvalue weighted by Gasteiger charge is -2.24. The van der Waals surface area contributed by atoms with Crippen LogP contribution in [-0.2, 0) is 4.79 Å². The zero-order valence-corrected chi connectivity index (χ0v) is 16.2. The van der Waals surface area contributed by atoms with Gasteiger partial charge in [-0.15, -0.1) is 0 Å². The topological polar surface area (TPSA) is 91.6 Å². The second-order valence-electron chi connectivity index (χ2n) is 7.96. The predicted molar refractivity (Wildman–Crippen MR) is 103 cm³/mol. The highest BCUT2D eigenvalue weighted by Crippen LogP contribution is 2.40. The SMILES string of the molecule is CC(=O)NCC1(F)CCN(c2c(F)cc3c(=O)c(C(=O)O)cn(C4CC4)c3c2F)C1. The van der Waals surface area contributed by atoms with Crippen LogP contribution in [0.3, 0.4) is 0 Å². The van der Waals surface area contributed by atoms with Crippen molar-refractivity contribution in [1.29, 1.82) is 0 Å². The molecule has 0 spiro atoms. The van der Waals surface area contributed by atoms with Crippen LogP contribution in [0.1, 0.15) is 42.6 Å². The molecule has 0 bridgehead atoms. The molecule has 1 saturated heterocycles. The van der Waals surface area contributed by atoms with Crippen LogP contribution in [0.5, 0.6) is 0 Å². The summed E-state index contributed by atoms with van der Waals surface area (Å²) in [5, 5.41) is 11.3. The van der Waals surface area contributed by atoms with Crippen molar-refractivity contribution in [3.8, 4) is 0 Å². The normalized spacial score (nSPS) is 21.3. The van der Waals surface area contributed by atoms with Gasteiger partial charge in [-0.25, -0.2) is 18.0 Å². The number of pyridine rings is 1. The van der Waals surface area contributed by atoms with Crippen molar-refractivity contribution in [3.05, 3.63) is 39.7 Å². The van der Waals surface area contributed by atoms with Crippen LogP contribution in [0.4, 0.5) is 18.9 Å². The Labute approximate surface area is 169 Å². The molecule has 1 aliphatic heterocycles. The molecular formula is C20H20F3N3O4. The number of anilines is 1. The van der Waals surface area contributed by atoms with Crippen LogP contribution in [0, 0.1) is 11.6 Å². The molecule has 2 aromatic rings. The quantitative estimate of drug-likeness (QED) is 0.771. The van der Waals surface area contributed by atoms with Gasteiger partial charge in [0, 0.05) is 32.1 Å². The Morgan fingerprint density at radius 3 is 2.63 bits per heavy atom. The molecular weight excluding hydrogens is 403 g/mol. The van der Waals surface area contributed by atoms with Crippen molar-refractivity contribution in [1.82, 2.24) is 9.88 Å². The van der Waals surface area contributed by atoms with E-state index in [2.05, 4.69) is 5.32 Å². The highest BCUT2D eigenvalue weighted by molar-refractivity contribution is 5.94. The van der Waals surface area contributed by atoms with E-state index in [1.165, 1.54) is 16.4 Å². The van der Waals surface area contributed by atoms with E-state index in [0.29, 0.717) is 12.8 Å². The van der Waals surface area contributed by atoms with E-state index in [1.807, 2.05) is 0 Å². The van der Waals surface area contributed by atoms with E-state index >= 15 is 4.39 Å². The maximum atomic E-state index is 15.5. The third kappa shape index (κ3) is 3.40. The zero-order chi connectivity index (χ0) is 21.8. The van der Waals surface area contributed by atoms with Gasteiger partial charge in [-0.2, -0.15) is 0 Å². The first-order chi connectivity index (χ1) is 14.1. The van der Waals surface area contributed by atoms with Gasteiger partial charge in [-0.05, 0) is 18.9 Å². The van der Waals surface area contributed by atoms with Gasteiger partial charge in [0.15, 0.2) is 5.82 Å². The lowest BCUT2D eigenvalue weighted by atomic mass is 10.1. The first-order valence-electron chi connectivity index (χ1n) is 9.60. The molecule has 4 rings (SSSR count). The lowest BCUT2D eigenvalue weighted by molar-refractivity contribution is -0.119. The molecule has 1 amide bonds. The molecule has 2 aliphatic rings. The van der Waals surface area contributed by atoms with Crippen molar-refractivity contribution in [2.45, 2.75) is 37.9 Å². The molecule has 2 N–H and O–H groups in total. The van der Waals surface area contributed by atoms with Crippen LogP contribution in [0.15, 0.2) is 17.1 Å². The number of fused-ring (bicyclic) bond motifs is 1. The number of carbonyl (C=O) groups excluding carboxylic acids is 1. The first-order valence-corrected chi connectivity index (χ1v) is 9.60. The maximum absolute atomic E-state index is 15.5. The Balaban J connectivity index is 1.82. The Bertz CT molecular complexity index is 1130. The molecule has 160 valence electrons. The molecule has 1 aromatic carbocycles. The number of nitrogens with one attached hydrogen (secondary N) is 1. The summed E-state index contributed by atoms with van der Waals surface area (Å²) in [5.41, 5.74) is -4.00. The van der Waals surface area contributed by atoms with Crippen LogP contribution in [-0.4, -0.2) is 46.9 Å². The van der Waals surface area contributed by atoms with Gasteiger partial charge >= 0.3 is 5.97 Å². The molecule has 0 radical (unpaired) electrons. The Morgan fingerprint density at radius 2 is 2.03 bits per heavy atom. The van der Waals surface area contributed by atoms with Gasteiger partial charge in [0.1, 0.15) is 22.7 Å². The first kappa shape index (κ1) is 20.2. The number of carbonyl (C=O) groups is 2. The molecule has 1 aromatic heterocycles. The van der Waals surface area contributed by atoms with Gasteiger partial charge in [-0.3, -0.25) is 9.59 Å². The Hall–Kier alpha value is -3.04. The fourth-order valence-electron chi connectivity index (χ4n) is 3.97. The second-order valence-corrected chi connectivity index (χ2v) is 7.96. The Kier molecular flexibility index (Phi) is 4.74. The van der Waals surface area contributed by atoms with Crippen molar-refractivity contribution < 1.29 is 27.9 Å². The minimum Gasteiger partial charge on any atom is -0.477 e. The molecule has 7 nitrogen and oxygen atoms in total. The van der Waals surface area contributed by atoms with E-state index in [-0.39, 0.29) is 43.0 Å². The summed E-state index contributed by atoms with van der Waals surface area (Å²) in [5.74, 6) is -3.96. The highest BCUT2D eigenvalue weighted by atomic mass is 19.1. The average molecular weight is 423 g/mol. The Morgan fingerprint density at radius 1 is 1.33 bits per heavy atom. The fraction of sp³-hybridized carbons (Fsp3) is 0.450. The number of aromatic nitrogens is 1. The van der Waals surface area contributed by atoms with Crippen LogP contribution >= 0.6 is 0 Å². The predicted octanol–water partition coefficient (Wildman–Crippen LogP) is 2.37. The largest absolute Gasteiger partial charge is 0.477 e. The summed E-state index contributed by atoms with van der Waals surface area (Å²) in [7, 11) is 0. The second kappa shape index (κ2) is 7.03. The number of hydrogen-bond donors (Lipinski definition) is 2. The molecule has 1 saturated carbocycles. The standard InChI is InChI=1S/C20H20F3N3O4/c1-10(27)24-8-20(23)4-5-25(9-20)17-14(21)6-12-16(15(17)22)26(11-2-3-11)7-13(18(12)28)19(29)30/h6-7,11H,2-5,8-9H2,1H3,(H,24,27)(H,29,30). The van der Waals surface area contributed by atoms with Gasteiger partial charge in [0.25, 0.3) is 0 Å². The number of hydrogen-bond acceptors (Lipinski definition) is 4. The van der Waals surface area contributed by atoms with Crippen LogP contribution < -0.4 is 15.6 Å². The number of amides is 1. The number of carboxylic acids is 1. The number of carboxylic acid groups (broad SMARTS) is 1. The molecule has 30 heavy (non-hydrogen) atoms. The average Bonchev–Trinajstić information content (AvgIpc) is 3.44. The summed E-state index contributed by atoms with van der Waals surface area (Å²) in [6, 6.07) is 0.644. The summed E-state index contributed by atoms with van der Waals surface area (Å²) in [4.78, 5) is 36.2. The number of aromatic carboxylic acids is 1. The number of halogens is 3. The molecule has 1 aliphatic carbocycles. The zero-order valence-electron chi connectivity index (χ0n) is 16.2. The third-order valence-corrected chi connectivity index (χ3v) is 5.63. The molecule has 1 unspecified atom stereocenters. The number of nitrogens with zero attached hydrogens (tertiary/aromatic N) is 2. The van der Waals surface area contributed by atoms with Gasteiger partial charge in [0.05, 0.1) is 24.0 Å². The van der Waals surface area contributed by atoms with E-state index in [1.54, 1.807) is 0 Å². The van der Waals surface area contributed by atoms with Crippen molar-refractivity contribution >= 4 is 28.5 Å². The minimum atomic E-state index is -1.84. The smallest absolute Gasteiger partial charge is 0.341 e. The summed E-state index contributed by atoms with van der Waals surface area (Å²) in [6.07, 6.45) is 2.42. The summed E-state index contributed by atoms with van der Waals surface area (Å²) < 4.78 is 46.8. The molecule has 1 atom stereocenters. The van der Waals surface area contributed by atoms with E-state index in [0.717, 1.165) is 12.3 Å². The molecule has 10 heteroatoms. The van der Waals surface area contributed by atoms with Gasteiger partial charge < -0.3 is 19.9 Å². The van der Waals surface area contributed by atoms with Gasteiger partial charge in [-0.1, -0.05) is 0 Å². The molecule has 2 fully saturated rings. The lowest BCUT2D eigenvalue weighted by Crippen LogP contribution is -2.41. The van der Waals surface area contributed by atoms with Crippen molar-refractivity contribution in [2.24, 2.45) is 0 Å². The van der Waals surface area contributed by atoms with Gasteiger partial charge in [0.2, 0.25) is 11.3 Å². The highest BCUT2D eigenvalue weighted by Gasteiger charge is 2.41. The van der Waals surface area contributed by atoms with Crippen molar-refractivity contribution in [3.63, 3.8) is 0 Å². The van der Waals surface area contributed by atoms with Crippen LogP contribution in [0.25, 0.3) is 10.9 Å².